The molecule has 0 aliphatic carbocycles. The molecule has 0 unspecified atom stereocenters. The van der Waals surface area contributed by atoms with Gasteiger partial charge in [0.05, 0.1) is 26.5 Å². The third-order valence-electron chi connectivity index (χ3n) is 4.37. The minimum absolute atomic E-state index is 0.00999. The fourth-order valence-electron chi connectivity index (χ4n) is 2.99. The van der Waals surface area contributed by atoms with Gasteiger partial charge in [-0.15, -0.1) is 0 Å². The number of benzene rings is 2. The van der Waals surface area contributed by atoms with Gasteiger partial charge in [-0.2, -0.15) is 5.10 Å². The first-order chi connectivity index (χ1) is 14.5. The summed E-state index contributed by atoms with van der Waals surface area (Å²) in [6.45, 7) is 4.58. The van der Waals surface area contributed by atoms with Gasteiger partial charge in [0.1, 0.15) is 17.0 Å². The molecule has 0 saturated carbocycles. The molecule has 0 bridgehead atoms. The lowest BCUT2D eigenvalue weighted by atomic mass is 10.0. The number of hydrogen-bond donors (Lipinski definition) is 0. The molecule has 0 radical (unpaired) electrons. The van der Waals surface area contributed by atoms with E-state index < -0.39 is 11.9 Å². The van der Waals surface area contributed by atoms with E-state index in [1.807, 2.05) is 44.2 Å². The Bertz CT molecular complexity index is 1040. The molecule has 0 saturated heterocycles. The lowest BCUT2D eigenvalue weighted by Crippen LogP contribution is -2.15. The number of ether oxygens (including phenoxy) is 3. The second-order valence-corrected chi connectivity index (χ2v) is 7.00. The van der Waals surface area contributed by atoms with Crippen LogP contribution in [0, 0.1) is 5.92 Å². The Morgan fingerprint density at radius 1 is 0.933 bits per heavy atom. The van der Waals surface area contributed by atoms with E-state index in [4.69, 9.17) is 14.2 Å². The van der Waals surface area contributed by atoms with E-state index in [9.17, 15) is 9.59 Å². The zero-order valence-corrected chi connectivity index (χ0v) is 17.4. The second kappa shape index (κ2) is 9.26. The van der Waals surface area contributed by atoms with Crippen LogP contribution in [0.1, 0.15) is 34.7 Å². The number of hydrogen-bond acceptors (Lipinski definition) is 6. The van der Waals surface area contributed by atoms with Crippen molar-refractivity contribution >= 4 is 11.9 Å². The summed E-state index contributed by atoms with van der Waals surface area (Å²) in [7, 11) is 2.51. The van der Waals surface area contributed by atoms with Gasteiger partial charge in [0.2, 0.25) is 0 Å². The Morgan fingerprint density at radius 2 is 1.57 bits per heavy atom. The number of methoxy groups -OCH3 is 2. The molecule has 7 heteroatoms. The van der Waals surface area contributed by atoms with Crippen LogP contribution in [-0.2, 0) is 9.47 Å². The Balaban J connectivity index is 2.29. The highest BCUT2D eigenvalue weighted by molar-refractivity contribution is 6.07. The molecule has 1 aromatic heterocycles. The predicted octanol–water partition coefficient (Wildman–Crippen LogP) is 4.15. The van der Waals surface area contributed by atoms with Crippen LogP contribution in [0.25, 0.3) is 16.9 Å². The molecule has 30 heavy (non-hydrogen) atoms. The molecule has 7 nitrogen and oxygen atoms in total. The van der Waals surface area contributed by atoms with Crippen molar-refractivity contribution in [1.82, 2.24) is 9.78 Å². The van der Waals surface area contributed by atoms with E-state index in [0.29, 0.717) is 29.5 Å². The van der Waals surface area contributed by atoms with Gasteiger partial charge >= 0.3 is 11.9 Å². The SMILES string of the molecule is COC(=O)c1c(-c2ccccc2OCC(C)C)nn(-c2ccccc2)c1C(=O)OC. The highest BCUT2D eigenvalue weighted by Gasteiger charge is 2.32. The van der Waals surface area contributed by atoms with Crippen LogP contribution < -0.4 is 4.74 Å². The first-order valence-electron chi connectivity index (χ1n) is 9.55. The lowest BCUT2D eigenvalue weighted by molar-refractivity contribution is 0.0549. The highest BCUT2D eigenvalue weighted by atomic mass is 16.5. The monoisotopic (exact) mass is 408 g/mol. The van der Waals surface area contributed by atoms with Gasteiger partial charge in [-0.25, -0.2) is 14.3 Å². The number of carbonyl (C=O) groups is 2. The molecule has 0 atom stereocenters. The molecule has 0 fully saturated rings. The van der Waals surface area contributed by atoms with Gasteiger partial charge < -0.3 is 14.2 Å². The van der Waals surface area contributed by atoms with E-state index in [2.05, 4.69) is 5.10 Å². The summed E-state index contributed by atoms with van der Waals surface area (Å²) in [5, 5.41) is 4.61. The van der Waals surface area contributed by atoms with Crippen molar-refractivity contribution in [3.05, 3.63) is 65.9 Å². The number of carbonyl (C=O) groups excluding carboxylic acids is 2. The minimum atomic E-state index is -0.696. The summed E-state index contributed by atoms with van der Waals surface area (Å²) in [5.74, 6) is -0.513. The maximum atomic E-state index is 12.7. The predicted molar refractivity (Wildman–Crippen MR) is 112 cm³/mol. The first kappa shape index (κ1) is 21.1. The van der Waals surface area contributed by atoms with Crippen molar-refractivity contribution in [3.8, 4) is 22.7 Å². The zero-order valence-electron chi connectivity index (χ0n) is 17.4. The lowest BCUT2D eigenvalue weighted by Gasteiger charge is -2.12. The van der Waals surface area contributed by atoms with Crippen LogP contribution in [0.4, 0.5) is 0 Å². The van der Waals surface area contributed by atoms with Gasteiger partial charge in [0.15, 0.2) is 5.69 Å². The molecule has 0 amide bonds. The fraction of sp³-hybridized carbons (Fsp3) is 0.261. The van der Waals surface area contributed by atoms with Crippen LogP contribution in [0.3, 0.4) is 0 Å². The average Bonchev–Trinajstić information content (AvgIpc) is 3.17. The summed E-state index contributed by atoms with van der Waals surface area (Å²) in [6, 6.07) is 16.3. The Morgan fingerprint density at radius 3 is 2.20 bits per heavy atom. The largest absolute Gasteiger partial charge is 0.493 e. The molecule has 0 N–H and O–H groups in total. The quantitative estimate of drug-likeness (QED) is 0.547. The third-order valence-corrected chi connectivity index (χ3v) is 4.37. The molecule has 156 valence electrons. The van der Waals surface area contributed by atoms with Crippen molar-refractivity contribution < 1.29 is 23.8 Å². The maximum Gasteiger partial charge on any atom is 0.357 e. The van der Waals surface area contributed by atoms with Crippen LogP contribution in [-0.4, -0.2) is 42.5 Å². The molecular weight excluding hydrogens is 384 g/mol. The summed E-state index contributed by atoms with van der Waals surface area (Å²) in [4.78, 5) is 25.4. The number of rotatable bonds is 7. The van der Waals surface area contributed by atoms with E-state index in [1.165, 1.54) is 18.9 Å². The van der Waals surface area contributed by atoms with Crippen molar-refractivity contribution in [2.24, 2.45) is 5.92 Å². The number of para-hydroxylation sites is 2. The van der Waals surface area contributed by atoms with E-state index in [1.54, 1.807) is 24.3 Å². The highest BCUT2D eigenvalue weighted by Crippen LogP contribution is 2.35. The topological polar surface area (TPSA) is 79.7 Å². The van der Waals surface area contributed by atoms with Crippen LogP contribution in [0.5, 0.6) is 5.75 Å². The fourth-order valence-corrected chi connectivity index (χ4v) is 2.99. The van der Waals surface area contributed by atoms with Crippen molar-refractivity contribution in [3.63, 3.8) is 0 Å². The third kappa shape index (κ3) is 4.20. The van der Waals surface area contributed by atoms with Gasteiger partial charge in [0.25, 0.3) is 0 Å². The number of esters is 2. The molecule has 0 aliphatic rings. The standard InChI is InChI=1S/C23H24N2O5/c1-15(2)14-30-18-13-9-8-12-17(18)20-19(22(26)28-3)21(23(27)29-4)25(24-20)16-10-6-5-7-11-16/h5-13,15H,14H2,1-4H3. The van der Waals surface area contributed by atoms with Gasteiger partial charge in [-0.05, 0) is 30.2 Å². The first-order valence-corrected chi connectivity index (χ1v) is 9.55. The van der Waals surface area contributed by atoms with Crippen molar-refractivity contribution in [2.45, 2.75) is 13.8 Å². The van der Waals surface area contributed by atoms with E-state index in [0.717, 1.165) is 0 Å². The van der Waals surface area contributed by atoms with Crippen LogP contribution in [0.15, 0.2) is 54.6 Å². The summed E-state index contributed by atoms with van der Waals surface area (Å²) in [5.41, 5.74) is 1.48. The summed E-state index contributed by atoms with van der Waals surface area (Å²) in [6.07, 6.45) is 0. The molecule has 1 heterocycles. The molecule has 3 rings (SSSR count). The molecule has 0 spiro atoms. The van der Waals surface area contributed by atoms with E-state index >= 15 is 0 Å². The maximum absolute atomic E-state index is 12.7. The molecular formula is C23H24N2O5. The summed E-state index contributed by atoms with van der Waals surface area (Å²) < 4.78 is 17.3. The Labute approximate surface area is 175 Å². The number of nitrogens with zero attached hydrogens (tertiary/aromatic N) is 2. The van der Waals surface area contributed by atoms with Crippen LogP contribution >= 0.6 is 0 Å². The second-order valence-electron chi connectivity index (χ2n) is 7.00. The van der Waals surface area contributed by atoms with Gasteiger partial charge in [0, 0.05) is 5.56 Å². The van der Waals surface area contributed by atoms with Crippen molar-refractivity contribution in [1.29, 1.82) is 0 Å². The molecule has 3 aromatic rings. The van der Waals surface area contributed by atoms with Crippen LogP contribution in [0.2, 0.25) is 0 Å². The van der Waals surface area contributed by atoms with E-state index in [-0.39, 0.29) is 17.0 Å². The Kier molecular flexibility index (Phi) is 6.51. The molecule has 0 aliphatic heterocycles. The molecule has 2 aromatic carbocycles. The smallest absolute Gasteiger partial charge is 0.357 e. The summed E-state index contributed by atoms with van der Waals surface area (Å²) >= 11 is 0. The van der Waals surface area contributed by atoms with Gasteiger partial charge in [-0.3, -0.25) is 0 Å². The van der Waals surface area contributed by atoms with Gasteiger partial charge in [-0.1, -0.05) is 44.2 Å². The Hall–Kier alpha value is -3.61. The minimum Gasteiger partial charge on any atom is -0.493 e. The number of aromatic nitrogens is 2. The average molecular weight is 408 g/mol. The van der Waals surface area contributed by atoms with Crippen molar-refractivity contribution in [2.75, 3.05) is 20.8 Å². The normalized spacial score (nSPS) is 10.7. The zero-order chi connectivity index (χ0) is 21.7.